The number of aromatic hydroxyl groups is 1. The number of phenols is 1. The van der Waals surface area contributed by atoms with Crippen LogP contribution in [0.15, 0.2) is 18.2 Å². The lowest BCUT2D eigenvalue weighted by Gasteiger charge is -2.35. The zero-order chi connectivity index (χ0) is 13.2. The van der Waals surface area contributed by atoms with E-state index in [0.717, 1.165) is 6.42 Å². The van der Waals surface area contributed by atoms with Crippen molar-refractivity contribution >= 4 is 0 Å². The number of hydrogen-bond donors (Lipinski definition) is 2. The van der Waals surface area contributed by atoms with E-state index in [4.69, 9.17) is 0 Å². The van der Waals surface area contributed by atoms with Gasteiger partial charge in [0.1, 0.15) is 5.75 Å². The Kier molecular flexibility index (Phi) is 3.76. The highest BCUT2D eigenvalue weighted by atomic mass is 16.3. The van der Waals surface area contributed by atoms with Gasteiger partial charge in [0.2, 0.25) is 0 Å². The van der Waals surface area contributed by atoms with Gasteiger partial charge >= 0.3 is 0 Å². The van der Waals surface area contributed by atoms with E-state index in [2.05, 4.69) is 23.3 Å². The Bertz CT molecular complexity index is 438. The van der Waals surface area contributed by atoms with Crippen molar-refractivity contribution in [2.24, 2.45) is 0 Å². The molecule has 3 rings (SSSR count). The first kappa shape index (κ1) is 12.9. The van der Waals surface area contributed by atoms with Gasteiger partial charge in [-0.15, -0.1) is 0 Å². The van der Waals surface area contributed by atoms with Crippen LogP contribution in [-0.2, 0) is 6.42 Å². The summed E-state index contributed by atoms with van der Waals surface area (Å²) in [6, 6.07) is 7.01. The summed E-state index contributed by atoms with van der Waals surface area (Å²) in [6.45, 7) is 2.40. The van der Waals surface area contributed by atoms with Gasteiger partial charge in [0.15, 0.2) is 0 Å². The highest BCUT2D eigenvalue weighted by Gasteiger charge is 2.24. The number of fused-ring (bicyclic) bond motifs is 1. The van der Waals surface area contributed by atoms with E-state index in [-0.39, 0.29) is 0 Å². The minimum absolute atomic E-state index is 0.402. The second-order valence-corrected chi connectivity index (χ2v) is 6.07. The topological polar surface area (TPSA) is 35.5 Å². The van der Waals surface area contributed by atoms with Crippen molar-refractivity contribution in [1.82, 2.24) is 10.2 Å². The lowest BCUT2D eigenvalue weighted by atomic mass is 9.86. The van der Waals surface area contributed by atoms with Crippen LogP contribution >= 0.6 is 0 Å². The van der Waals surface area contributed by atoms with Crippen molar-refractivity contribution in [3.05, 3.63) is 29.3 Å². The third-order valence-electron chi connectivity index (χ3n) is 4.60. The molecule has 1 unspecified atom stereocenters. The fourth-order valence-electron chi connectivity index (χ4n) is 3.43. The Labute approximate surface area is 115 Å². The van der Waals surface area contributed by atoms with Crippen LogP contribution in [0.5, 0.6) is 5.75 Å². The molecular weight excluding hydrogens is 236 g/mol. The van der Waals surface area contributed by atoms with E-state index in [0.29, 0.717) is 17.8 Å². The highest BCUT2D eigenvalue weighted by molar-refractivity contribution is 5.38. The Hall–Kier alpha value is -1.06. The van der Waals surface area contributed by atoms with E-state index >= 15 is 0 Å². The number of rotatable bonds is 2. The van der Waals surface area contributed by atoms with Crippen molar-refractivity contribution in [3.8, 4) is 5.75 Å². The summed E-state index contributed by atoms with van der Waals surface area (Å²) in [7, 11) is 2.20. The van der Waals surface area contributed by atoms with Crippen LogP contribution in [0, 0.1) is 0 Å². The van der Waals surface area contributed by atoms with Crippen LogP contribution in [0.1, 0.15) is 42.9 Å². The number of nitrogens with zero attached hydrogens (tertiary/aromatic N) is 1. The number of hydrogen-bond acceptors (Lipinski definition) is 3. The van der Waals surface area contributed by atoms with Crippen molar-refractivity contribution in [3.63, 3.8) is 0 Å². The highest BCUT2D eigenvalue weighted by Crippen LogP contribution is 2.32. The van der Waals surface area contributed by atoms with Crippen molar-refractivity contribution in [2.75, 3.05) is 20.1 Å². The van der Waals surface area contributed by atoms with E-state index in [9.17, 15) is 5.11 Å². The first-order valence-corrected chi connectivity index (χ1v) is 7.49. The summed E-state index contributed by atoms with van der Waals surface area (Å²) in [5.74, 6) is 0.402. The molecule has 3 heteroatoms. The van der Waals surface area contributed by atoms with Gasteiger partial charge in [0.05, 0.1) is 0 Å². The van der Waals surface area contributed by atoms with Crippen LogP contribution in [0.3, 0.4) is 0 Å². The van der Waals surface area contributed by atoms with Crippen LogP contribution in [0.2, 0.25) is 0 Å². The zero-order valence-electron chi connectivity index (χ0n) is 11.7. The van der Waals surface area contributed by atoms with Crippen LogP contribution in [0.25, 0.3) is 0 Å². The molecule has 1 aliphatic heterocycles. The Morgan fingerprint density at radius 3 is 2.79 bits per heavy atom. The fraction of sp³-hybridized carbons (Fsp3) is 0.625. The third kappa shape index (κ3) is 2.93. The molecule has 3 nitrogen and oxygen atoms in total. The number of aryl methyl sites for hydroxylation is 1. The SMILES string of the molecule is CN1CCC(NC2CCCc3cc(O)ccc32)CC1. The van der Waals surface area contributed by atoms with Gasteiger partial charge < -0.3 is 15.3 Å². The Balaban J connectivity index is 1.70. The Morgan fingerprint density at radius 2 is 2.00 bits per heavy atom. The second-order valence-electron chi connectivity index (χ2n) is 6.07. The third-order valence-corrected chi connectivity index (χ3v) is 4.60. The summed E-state index contributed by atoms with van der Waals surface area (Å²) in [4.78, 5) is 2.41. The van der Waals surface area contributed by atoms with Gasteiger partial charge in [-0.05, 0) is 75.5 Å². The maximum Gasteiger partial charge on any atom is 0.115 e. The first-order valence-electron chi connectivity index (χ1n) is 7.49. The standard InChI is InChI=1S/C16H24N2O/c1-18-9-7-13(8-10-18)17-16-4-2-3-12-11-14(19)5-6-15(12)16/h5-6,11,13,16-17,19H,2-4,7-10H2,1H3. The molecule has 1 aromatic carbocycles. The molecule has 0 radical (unpaired) electrons. The van der Waals surface area contributed by atoms with Crippen molar-refractivity contribution < 1.29 is 5.11 Å². The van der Waals surface area contributed by atoms with Gasteiger partial charge in [0, 0.05) is 12.1 Å². The molecule has 0 bridgehead atoms. The molecule has 1 atom stereocenters. The molecule has 104 valence electrons. The molecule has 0 aromatic heterocycles. The molecule has 1 aromatic rings. The summed E-state index contributed by atoms with van der Waals surface area (Å²) in [5.41, 5.74) is 2.74. The molecule has 0 saturated carbocycles. The van der Waals surface area contributed by atoms with Crippen molar-refractivity contribution in [2.45, 2.75) is 44.2 Å². The smallest absolute Gasteiger partial charge is 0.115 e. The van der Waals surface area contributed by atoms with E-state index in [1.165, 1.54) is 49.9 Å². The zero-order valence-corrected chi connectivity index (χ0v) is 11.7. The number of phenolic OH excluding ortho intramolecular Hbond substituents is 1. The normalized spacial score (nSPS) is 25.2. The van der Waals surface area contributed by atoms with E-state index < -0.39 is 0 Å². The molecular formula is C16H24N2O. The molecule has 1 aliphatic carbocycles. The van der Waals surface area contributed by atoms with E-state index in [1.54, 1.807) is 0 Å². The lowest BCUT2D eigenvalue weighted by molar-refractivity contribution is 0.220. The van der Waals surface area contributed by atoms with Gasteiger partial charge in [-0.1, -0.05) is 6.07 Å². The molecule has 0 amide bonds. The number of benzene rings is 1. The summed E-state index contributed by atoms with van der Waals surface area (Å²) >= 11 is 0. The van der Waals surface area contributed by atoms with Crippen LogP contribution in [0.4, 0.5) is 0 Å². The number of piperidine rings is 1. The minimum atomic E-state index is 0.402. The van der Waals surface area contributed by atoms with Crippen LogP contribution in [-0.4, -0.2) is 36.2 Å². The number of likely N-dealkylation sites (tertiary alicyclic amines) is 1. The quantitative estimate of drug-likeness (QED) is 0.857. The molecule has 1 heterocycles. The summed E-state index contributed by atoms with van der Waals surface area (Å²) < 4.78 is 0. The van der Waals surface area contributed by atoms with Gasteiger partial charge in [0.25, 0.3) is 0 Å². The Morgan fingerprint density at radius 1 is 1.21 bits per heavy atom. The van der Waals surface area contributed by atoms with Crippen LogP contribution < -0.4 is 5.32 Å². The lowest BCUT2D eigenvalue weighted by Crippen LogP contribution is -2.42. The molecule has 19 heavy (non-hydrogen) atoms. The second kappa shape index (κ2) is 5.51. The summed E-state index contributed by atoms with van der Waals surface area (Å²) in [6.07, 6.45) is 6.06. The van der Waals surface area contributed by atoms with E-state index in [1.807, 2.05) is 12.1 Å². The molecule has 1 fully saturated rings. The largest absolute Gasteiger partial charge is 0.508 e. The fourth-order valence-corrected chi connectivity index (χ4v) is 3.43. The van der Waals surface area contributed by atoms with Gasteiger partial charge in [-0.3, -0.25) is 0 Å². The first-order chi connectivity index (χ1) is 9.22. The summed E-state index contributed by atoms with van der Waals surface area (Å²) in [5, 5.41) is 13.4. The average molecular weight is 260 g/mol. The number of nitrogens with one attached hydrogen (secondary N) is 1. The molecule has 0 spiro atoms. The van der Waals surface area contributed by atoms with Crippen molar-refractivity contribution in [1.29, 1.82) is 0 Å². The average Bonchev–Trinajstić information content (AvgIpc) is 2.41. The molecule has 2 aliphatic rings. The predicted octanol–water partition coefficient (Wildman–Crippen LogP) is 2.45. The minimum Gasteiger partial charge on any atom is -0.508 e. The monoisotopic (exact) mass is 260 g/mol. The van der Waals surface area contributed by atoms with Gasteiger partial charge in [-0.2, -0.15) is 0 Å². The molecule has 2 N–H and O–H groups in total. The maximum absolute atomic E-state index is 9.60. The predicted molar refractivity (Wildman–Crippen MR) is 77.4 cm³/mol. The van der Waals surface area contributed by atoms with Gasteiger partial charge in [-0.25, -0.2) is 0 Å². The molecule has 1 saturated heterocycles. The maximum atomic E-state index is 9.60.